The van der Waals surface area contributed by atoms with Gasteiger partial charge in [-0.25, -0.2) is 9.50 Å². The molecule has 0 radical (unpaired) electrons. The van der Waals surface area contributed by atoms with Crippen molar-refractivity contribution in [3.8, 4) is 5.88 Å². The first-order valence-electron chi connectivity index (χ1n) is 7.17. The molecule has 118 valence electrons. The third-order valence-electron chi connectivity index (χ3n) is 3.29. The summed E-state index contributed by atoms with van der Waals surface area (Å²) in [5.41, 5.74) is 2.19. The molecule has 0 spiro atoms. The fraction of sp³-hybridized carbons (Fsp3) is 0.188. The van der Waals surface area contributed by atoms with Gasteiger partial charge in [-0.2, -0.15) is 5.10 Å². The molecule has 0 unspecified atom stereocenters. The fourth-order valence-corrected chi connectivity index (χ4v) is 2.22. The highest BCUT2D eigenvalue weighted by molar-refractivity contribution is 5.96. The Balaban J connectivity index is 1.72. The summed E-state index contributed by atoms with van der Waals surface area (Å²) in [7, 11) is 0. The Morgan fingerprint density at radius 2 is 2.22 bits per heavy atom. The maximum absolute atomic E-state index is 12.3. The number of aromatic nitrogens is 3. The van der Waals surface area contributed by atoms with Gasteiger partial charge >= 0.3 is 0 Å². The van der Waals surface area contributed by atoms with E-state index >= 15 is 0 Å². The number of nitrogens with one attached hydrogen (secondary N) is 1. The quantitative estimate of drug-likeness (QED) is 0.710. The van der Waals surface area contributed by atoms with Crippen molar-refractivity contribution < 1.29 is 14.6 Å². The van der Waals surface area contributed by atoms with Crippen molar-refractivity contribution in [2.75, 3.05) is 13.2 Å². The lowest BCUT2D eigenvalue weighted by molar-refractivity contribution is 0.0944. The van der Waals surface area contributed by atoms with Gasteiger partial charge in [0.15, 0.2) is 0 Å². The van der Waals surface area contributed by atoms with Gasteiger partial charge in [0.25, 0.3) is 5.91 Å². The van der Waals surface area contributed by atoms with E-state index in [1.54, 1.807) is 22.8 Å². The summed E-state index contributed by atoms with van der Waals surface area (Å²) in [6.07, 6.45) is 5.11. The zero-order valence-corrected chi connectivity index (χ0v) is 12.3. The highest BCUT2D eigenvalue weighted by atomic mass is 16.5. The van der Waals surface area contributed by atoms with Crippen LogP contribution in [-0.4, -0.2) is 38.8 Å². The summed E-state index contributed by atoms with van der Waals surface area (Å²) in [6.45, 7) is 0.298. The van der Waals surface area contributed by atoms with Crippen molar-refractivity contribution in [1.82, 2.24) is 19.9 Å². The number of hydrogen-bond donors (Lipinski definition) is 2. The number of pyridine rings is 2. The van der Waals surface area contributed by atoms with Crippen LogP contribution in [0.25, 0.3) is 5.52 Å². The summed E-state index contributed by atoms with van der Waals surface area (Å²) in [5.74, 6) is -0.0831. The van der Waals surface area contributed by atoms with Gasteiger partial charge in [0.1, 0.15) is 12.2 Å². The SMILES string of the molecule is O=C(NCc1cnn2ccccc12)c1cccnc1OCCO. The van der Waals surface area contributed by atoms with E-state index in [1.165, 1.54) is 6.20 Å². The van der Waals surface area contributed by atoms with Crippen LogP contribution < -0.4 is 10.1 Å². The molecule has 3 aromatic rings. The molecule has 0 aliphatic rings. The van der Waals surface area contributed by atoms with Crippen molar-refractivity contribution in [1.29, 1.82) is 0 Å². The number of carbonyl (C=O) groups is 1. The van der Waals surface area contributed by atoms with E-state index < -0.39 is 0 Å². The zero-order valence-electron chi connectivity index (χ0n) is 12.3. The topological polar surface area (TPSA) is 88.8 Å². The van der Waals surface area contributed by atoms with Crippen molar-refractivity contribution in [3.05, 3.63) is 60.0 Å². The van der Waals surface area contributed by atoms with E-state index in [4.69, 9.17) is 9.84 Å². The summed E-state index contributed by atoms with van der Waals surface area (Å²) >= 11 is 0. The molecule has 0 saturated carbocycles. The molecule has 0 fully saturated rings. The predicted molar refractivity (Wildman–Crippen MR) is 83.2 cm³/mol. The minimum Gasteiger partial charge on any atom is -0.475 e. The Bertz CT molecular complexity index is 816. The Hall–Kier alpha value is -2.93. The molecule has 0 aromatic carbocycles. The van der Waals surface area contributed by atoms with Crippen molar-refractivity contribution in [3.63, 3.8) is 0 Å². The molecular weight excluding hydrogens is 296 g/mol. The van der Waals surface area contributed by atoms with Gasteiger partial charge in [-0.1, -0.05) is 6.07 Å². The van der Waals surface area contributed by atoms with Gasteiger partial charge < -0.3 is 15.2 Å². The minimum atomic E-state index is -0.290. The van der Waals surface area contributed by atoms with Crippen LogP contribution in [0.5, 0.6) is 5.88 Å². The second-order valence-electron chi connectivity index (χ2n) is 4.81. The van der Waals surface area contributed by atoms with Crippen LogP contribution in [0.2, 0.25) is 0 Å². The lowest BCUT2D eigenvalue weighted by Gasteiger charge is -2.09. The van der Waals surface area contributed by atoms with Crippen LogP contribution in [0.15, 0.2) is 48.9 Å². The van der Waals surface area contributed by atoms with Gasteiger partial charge in [0, 0.05) is 24.5 Å². The summed E-state index contributed by atoms with van der Waals surface area (Å²) < 4.78 is 7.03. The maximum Gasteiger partial charge on any atom is 0.257 e. The van der Waals surface area contributed by atoms with Crippen molar-refractivity contribution in [2.24, 2.45) is 0 Å². The average molecular weight is 312 g/mol. The molecule has 3 aromatic heterocycles. The minimum absolute atomic E-state index is 0.0886. The van der Waals surface area contributed by atoms with Gasteiger partial charge in [-0.05, 0) is 24.3 Å². The van der Waals surface area contributed by atoms with E-state index in [0.717, 1.165) is 11.1 Å². The van der Waals surface area contributed by atoms with E-state index in [0.29, 0.717) is 12.1 Å². The van der Waals surface area contributed by atoms with Crippen LogP contribution in [0.3, 0.4) is 0 Å². The number of hydrogen-bond acceptors (Lipinski definition) is 5. The number of aliphatic hydroxyl groups excluding tert-OH is 1. The number of ether oxygens (including phenoxy) is 1. The van der Waals surface area contributed by atoms with Gasteiger partial charge in [0.2, 0.25) is 5.88 Å². The third kappa shape index (κ3) is 3.29. The van der Waals surface area contributed by atoms with E-state index in [2.05, 4.69) is 15.4 Å². The lowest BCUT2D eigenvalue weighted by atomic mass is 10.2. The highest BCUT2D eigenvalue weighted by Gasteiger charge is 2.14. The Labute approximate surface area is 132 Å². The van der Waals surface area contributed by atoms with Crippen LogP contribution in [0, 0.1) is 0 Å². The molecule has 3 heterocycles. The van der Waals surface area contributed by atoms with Crippen LogP contribution in [0.4, 0.5) is 0 Å². The smallest absolute Gasteiger partial charge is 0.257 e. The van der Waals surface area contributed by atoms with E-state index in [-0.39, 0.29) is 25.0 Å². The molecule has 0 bridgehead atoms. The number of nitrogens with zero attached hydrogens (tertiary/aromatic N) is 3. The molecule has 0 atom stereocenters. The van der Waals surface area contributed by atoms with E-state index in [9.17, 15) is 4.79 Å². The number of amides is 1. The van der Waals surface area contributed by atoms with Gasteiger partial charge in [-0.3, -0.25) is 4.79 Å². The van der Waals surface area contributed by atoms with E-state index in [1.807, 2.05) is 24.4 Å². The van der Waals surface area contributed by atoms with Gasteiger partial charge in [0.05, 0.1) is 18.3 Å². The monoisotopic (exact) mass is 312 g/mol. The fourth-order valence-electron chi connectivity index (χ4n) is 2.22. The maximum atomic E-state index is 12.3. The third-order valence-corrected chi connectivity index (χ3v) is 3.29. The Morgan fingerprint density at radius 3 is 3.09 bits per heavy atom. The zero-order chi connectivity index (χ0) is 16.1. The summed E-state index contributed by atoms with van der Waals surface area (Å²) in [5, 5.41) is 15.9. The number of fused-ring (bicyclic) bond motifs is 1. The Morgan fingerprint density at radius 1 is 1.30 bits per heavy atom. The molecule has 0 saturated heterocycles. The van der Waals surface area contributed by atoms with Crippen LogP contribution in [0.1, 0.15) is 15.9 Å². The first kappa shape index (κ1) is 15.0. The molecule has 0 aliphatic carbocycles. The summed E-state index contributed by atoms with van der Waals surface area (Å²) in [4.78, 5) is 16.4. The number of aliphatic hydroxyl groups is 1. The first-order chi connectivity index (χ1) is 11.3. The van der Waals surface area contributed by atoms with Crippen LogP contribution in [-0.2, 0) is 6.54 Å². The second-order valence-corrected chi connectivity index (χ2v) is 4.81. The van der Waals surface area contributed by atoms with Crippen molar-refractivity contribution in [2.45, 2.75) is 6.54 Å². The predicted octanol–water partition coefficient (Wildman–Crippen LogP) is 1.03. The molecule has 1 amide bonds. The molecule has 7 heteroatoms. The normalized spacial score (nSPS) is 10.7. The molecular formula is C16H16N4O3. The average Bonchev–Trinajstić information content (AvgIpc) is 3.01. The van der Waals surface area contributed by atoms with Crippen molar-refractivity contribution >= 4 is 11.4 Å². The highest BCUT2D eigenvalue weighted by Crippen LogP contribution is 2.15. The molecule has 7 nitrogen and oxygen atoms in total. The number of carbonyl (C=O) groups excluding carboxylic acids is 1. The largest absolute Gasteiger partial charge is 0.475 e. The number of rotatable bonds is 6. The lowest BCUT2D eigenvalue weighted by Crippen LogP contribution is -2.24. The Kier molecular flexibility index (Phi) is 4.49. The molecule has 0 aliphatic heterocycles. The van der Waals surface area contributed by atoms with Crippen LogP contribution >= 0.6 is 0 Å². The molecule has 3 rings (SSSR count). The van der Waals surface area contributed by atoms with Gasteiger partial charge in [-0.15, -0.1) is 0 Å². The second kappa shape index (κ2) is 6.89. The molecule has 2 N–H and O–H groups in total. The summed E-state index contributed by atoms with van der Waals surface area (Å²) in [6, 6.07) is 9.04. The first-order valence-corrected chi connectivity index (χ1v) is 7.17. The molecule has 23 heavy (non-hydrogen) atoms. The standard InChI is InChI=1S/C16H16N4O3/c21-8-9-23-16-13(4-3-6-17-16)15(22)18-10-12-11-19-20-7-2-1-5-14(12)20/h1-7,11,21H,8-10H2,(H,18,22).